The smallest absolute Gasteiger partial charge is 0.317 e. The molecule has 0 amide bonds. The normalized spacial score (nSPS) is 10.7. The average molecular weight is 228 g/mol. The van der Waals surface area contributed by atoms with Gasteiger partial charge in [0.05, 0.1) is 6.54 Å². The van der Waals surface area contributed by atoms with E-state index in [2.05, 4.69) is 0 Å². The maximum Gasteiger partial charge on any atom is 0.317 e. The third-order valence-corrected chi connectivity index (χ3v) is 2.05. The summed E-state index contributed by atoms with van der Waals surface area (Å²) in [5, 5.41) is 8.56. The molecule has 0 aliphatic rings. The summed E-state index contributed by atoms with van der Waals surface area (Å²) in [6.45, 7) is 1.44. The Bertz CT molecular complexity index is 144. The summed E-state index contributed by atoms with van der Waals surface area (Å²) in [5.41, 5.74) is 0. The number of carboxylic acids is 1. The first-order valence-electron chi connectivity index (χ1n) is 4.26. The second-order valence-corrected chi connectivity index (χ2v) is 3.51. The summed E-state index contributed by atoms with van der Waals surface area (Å²) in [4.78, 5) is 12.2. The number of alkyl halides is 2. The van der Waals surface area contributed by atoms with E-state index in [4.69, 9.17) is 28.3 Å². The van der Waals surface area contributed by atoms with E-state index < -0.39 is 5.97 Å². The number of hydrogen-bond acceptors (Lipinski definition) is 2. The molecule has 0 spiro atoms. The van der Waals surface area contributed by atoms with Crippen molar-refractivity contribution in [2.75, 3.05) is 31.4 Å². The minimum absolute atomic E-state index is 0.0645. The molecule has 0 radical (unpaired) electrons. The van der Waals surface area contributed by atoms with Crippen LogP contribution in [-0.2, 0) is 4.79 Å². The van der Waals surface area contributed by atoms with Crippen molar-refractivity contribution < 1.29 is 9.90 Å². The average Bonchev–Trinajstić information content (AvgIpc) is 2.04. The molecule has 78 valence electrons. The number of carbonyl (C=O) groups is 1. The molecule has 0 aliphatic carbocycles. The zero-order valence-corrected chi connectivity index (χ0v) is 9.02. The van der Waals surface area contributed by atoms with Gasteiger partial charge in [0.2, 0.25) is 0 Å². The Morgan fingerprint density at radius 2 is 1.85 bits per heavy atom. The van der Waals surface area contributed by atoms with Crippen molar-refractivity contribution in [2.45, 2.75) is 12.8 Å². The highest BCUT2D eigenvalue weighted by Gasteiger charge is 2.07. The van der Waals surface area contributed by atoms with E-state index in [0.29, 0.717) is 18.3 Å². The number of aliphatic carboxylic acids is 1. The summed E-state index contributed by atoms with van der Waals surface area (Å²) in [6, 6.07) is 0. The standard InChI is InChI=1S/C8H15Cl2NO2/c9-3-1-2-5-11(6-4-10)7-8(12)13/h1-7H2,(H,12,13). The van der Waals surface area contributed by atoms with Crippen molar-refractivity contribution in [1.29, 1.82) is 0 Å². The van der Waals surface area contributed by atoms with Gasteiger partial charge >= 0.3 is 5.97 Å². The van der Waals surface area contributed by atoms with Gasteiger partial charge in [-0.25, -0.2) is 0 Å². The number of hydrogen-bond donors (Lipinski definition) is 1. The van der Waals surface area contributed by atoms with Crippen molar-refractivity contribution in [3.05, 3.63) is 0 Å². The van der Waals surface area contributed by atoms with Gasteiger partial charge in [0.1, 0.15) is 0 Å². The predicted molar refractivity (Wildman–Crippen MR) is 54.7 cm³/mol. The minimum atomic E-state index is -0.809. The highest BCUT2D eigenvalue weighted by molar-refractivity contribution is 6.18. The number of rotatable bonds is 8. The summed E-state index contributed by atoms with van der Waals surface area (Å²) >= 11 is 11.0. The van der Waals surface area contributed by atoms with E-state index in [-0.39, 0.29) is 6.54 Å². The Labute approximate surface area is 88.6 Å². The van der Waals surface area contributed by atoms with E-state index in [9.17, 15) is 4.79 Å². The molecule has 0 saturated carbocycles. The Hall–Kier alpha value is 0.01000. The van der Waals surface area contributed by atoms with Crippen molar-refractivity contribution in [2.24, 2.45) is 0 Å². The fourth-order valence-electron chi connectivity index (χ4n) is 1.01. The Morgan fingerprint density at radius 3 is 2.31 bits per heavy atom. The number of unbranched alkanes of at least 4 members (excludes halogenated alkanes) is 1. The van der Waals surface area contributed by atoms with Crippen LogP contribution in [0.25, 0.3) is 0 Å². The quantitative estimate of drug-likeness (QED) is 0.507. The summed E-state index contributed by atoms with van der Waals surface area (Å²) in [5.74, 6) is 0.284. The third kappa shape index (κ3) is 8.34. The van der Waals surface area contributed by atoms with Gasteiger partial charge in [-0.1, -0.05) is 0 Å². The monoisotopic (exact) mass is 227 g/mol. The number of halogens is 2. The molecule has 0 saturated heterocycles. The van der Waals surface area contributed by atoms with Crippen LogP contribution in [0.2, 0.25) is 0 Å². The maximum absolute atomic E-state index is 10.4. The minimum Gasteiger partial charge on any atom is -0.480 e. The van der Waals surface area contributed by atoms with Gasteiger partial charge < -0.3 is 5.11 Å². The van der Waals surface area contributed by atoms with Gasteiger partial charge in [-0.05, 0) is 19.4 Å². The summed E-state index contributed by atoms with van der Waals surface area (Å²) in [7, 11) is 0. The van der Waals surface area contributed by atoms with Gasteiger partial charge in [-0.3, -0.25) is 9.69 Å². The Morgan fingerprint density at radius 1 is 1.15 bits per heavy atom. The molecule has 0 fully saturated rings. The van der Waals surface area contributed by atoms with Crippen molar-refractivity contribution >= 4 is 29.2 Å². The molecule has 5 heteroatoms. The molecule has 13 heavy (non-hydrogen) atoms. The molecular formula is C8H15Cl2NO2. The molecule has 0 aromatic rings. The zero-order chi connectivity index (χ0) is 10.1. The molecule has 0 bridgehead atoms. The Balaban J connectivity index is 3.59. The van der Waals surface area contributed by atoms with Gasteiger partial charge in [-0.15, -0.1) is 23.2 Å². The number of nitrogens with zero attached hydrogens (tertiary/aromatic N) is 1. The van der Waals surface area contributed by atoms with Crippen LogP contribution in [0.5, 0.6) is 0 Å². The highest BCUT2D eigenvalue weighted by Crippen LogP contribution is 1.97. The number of carboxylic acid groups (broad SMARTS) is 1. The van der Waals surface area contributed by atoms with Gasteiger partial charge in [0.15, 0.2) is 0 Å². The fraction of sp³-hybridized carbons (Fsp3) is 0.875. The molecule has 0 aromatic carbocycles. The van der Waals surface area contributed by atoms with Crippen LogP contribution in [0.1, 0.15) is 12.8 Å². The molecule has 0 rings (SSSR count). The third-order valence-electron chi connectivity index (χ3n) is 1.62. The molecule has 0 unspecified atom stereocenters. The van der Waals surface area contributed by atoms with Crippen LogP contribution in [0.15, 0.2) is 0 Å². The van der Waals surface area contributed by atoms with Crippen LogP contribution in [0, 0.1) is 0 Å². The van der Waals surface area contributed by atoms with E-state index in [1.54, 1.807) is 0 Å². The van der Waals surface area contributed by atoms with Gasteiger partial charge in [0.25, 0.3) is 0 Å². The molecule has 1 N–H and O–H groups in total. The highest BCUT2D eigenvalue weighted by atomic mass is 35.5. The molecule has 0 atom stereocenters. The van der Waals surface area contributed by atoms with Crippen molar-refractivity contribution in [3.8, 4) is 0 Å². The van der Waals surface area contributed by atoms with Gasteiger partial charge in [0, 0.05) is 18.3 Å². The van der Waals surface area contributed by atoms with E-state index >= 15 is 0 Å². The molecule has 0 aromatic heterocycles. The van der Waals surface area contributed by atoms with Crippen LogP contribution in [0.4, 0.5) is 0 Å². The van der Waals surface area contributed by atoms with E-state index in [1.165, 1.54) is 0 Å². The first-order valence-corrected chi connectivity index (χ1v) is 5.33. The molecule has 3 nitrogen and oxygen atoms in total. The predicted octanol–water partition coefficient (Wildman–Crippen LogP) is 1.63. The first-order chi connectivity index (χ1) is 6.20. The lowest BCUT2D eigenvalue weighted by Gasteiger charge is -2.18. The second-order valence-electron chi connectivity index (χ2n) is 2.75. The largest absolute Gasteiger partial charge is 0.480 e. The first kappa shape index (κ1) is 13.0. The second kappa shape index (κ2) is 8.60. The lowest BCUT2D eigenvalue weighted by molar-refractivity contribution is -0.138. The van der Waals surface area contributed by atoms with E-state index in [0.717, 1.165) is 19.4 Å². The lowest BCUT2D eigenvalue weighted by atomic mass is 10.3. The van der Waals surface area contributed by atoms with Crippen LogP contribution < -0.4 is 0 Å². The SMILES string of the molecule is O=C(O)CN(CCCl)CCCCCl. The topological polar surface area (TPSA) is 40.5 Å². The van der Waals surface area contributed by atoms with Crippen molar-refractivity contribution in [1.82, 2.24) is 4.90 Å². The van der Waals surface area contributed by atoms with Crippen LogP contribution >= 0.6 is 23.2 Å². The summed E-state index contributed by atoms with van der Waals surface area (Å²) < 4.78 is 0. The van der Waals surface area contributed by atoms with Crippen molar-refractivity contribution in [3.63, 3.8) is 0 Å². The van der Waals surface area contributed by atoms with E-state index in [1.807, 2.05) is 4.90 Å². The van der Waals surface area contributed by atoms with Crippen LogP contribution in [-0.4, -0.2) is 47.4 Å². The fourth-order valence-corrected chi connectivity index (χ4v) is 1.44. The molecule has 0 aliphatic heterocycles. The molecule has 0 heterocycles. The zero-order valence-electron chi connectivity index (χ0n) is 7.51. The Kier molecular flexibility index (Phi) is 8.61. The van der Waals surface area contributed by atoms with Gasteiger partial charge in [-0.2, -0.15) is 0 Å². The maximum atomic E-state index is 10.4. The van der Waals surface area contributed by atoms with Crippen LogP contribution in [0.3, 0.4) is 0 Å². The lowest BCUT2D eigenvalue weighted by Crippen LogP contribution is -2.32. The molecular weight excluding hydrogens is 213 g/mol. The summed E-state index contributed by atoms with van der Waals surface area (Å²) in [6.07, 6.45) is 1.84.